The minimum atomic E-state index is -0.346. The molecule has 6 heteroatoms. The molecule has 25 heavy (non-hydrogen) atoms. The molecule has 2 aromatic carbocycles. The van der Waals surface area contributed by atoms with Crippen molar-refractivity contribution in [3.8, 4) is 5.75 Å². The van der Waals surface area contributed by atoms with Gasteiger partial charge in [-0.25, -0.2) is 0 Å². The molecule has 0 aliphatic carbocycles. The van der Waals surface area contributed by atoms with Crippen LogP contribution in [0.25, 0.3) is 17.0 Å². The first-order chi connectivity index (χ1) is 12.1. The highest BCUT2D eigenvalue weighted by Crippen LogP contribution is 2.21. The van der Waals surface area contributed by atoms with Gasteiger partial charge < -0.3 is 14.5 Å². The zero-order valence-electron chi connectivity index (χ0n) is 13.3. The molecule has 3 aromatic rings. The van der Waals surface area contributed by atoms with E-state index in [1.54, 1.807) is 31.4 Å². The van der Waals surface area contributed by atoms with E-state index >= 15 is 0 Å². The van der Waals surface area contributed by atoms with E-state index in [1.807, 2.05) is 18.2 Å². The van der Waals surface area contributed by atoms with Crippen molar-refractivity contribution < 1.29 is 13.9 Å². The van der Waals surface area contributed by atoms with E-state index in [-0.39, 0.29) is 11.3 Å². The van der Waals surface area contributed by atoms with Crippen molar-refractivity contribution in [2.75, 3.05) is 12.4 Å². The number of amides is 1. The van der Waals surface area contributed by atoms with Crippen LogP contribution in [-0.2, 0) is 4.79 Å². The molecule has 0 radical (unpaired) electrons. The molecule has 1 N–H and O–H groups in total. The molecular weight excluding hydrogens is 386 g/mol. The Morgan fingerprint density at radius 3 is 2.80 bits per heavy atom. The van der Waals surface area contributed by atoms with Crippen LogP contribution in [0, 0.1) is 0 Å². The molecule has 0 aliphatic heterocycles. The molecule has 3 rings (SSSR count). The first-order valence-electron chi connectivity index (χ1n) is 7.41. The summed E-state index contributed by atoms with van der Waals surface area (Å²) in [5, 5.41) is 3.16. The predicted octanol–water partition coefficient (Wildman–Crippen LogP) is 4.22. The van der Waals surface area contributed by atoms with Gasteiger partial charge in [0, 0.05) is 16.6 Å². The van der Waals surface area contributed by atoms with E-state index in [4.69, 9.17) is 9.15 Å². The summed E-state index contributed by atoms with van der Waals surface area (Å²) in [7, 11) is 1.54. The second-order valence-electron chi connectivity index (χ2n) is 5.18. The first-order valence-corrected chi connectivity index (χ1v) is 8.21. The zero-order chi connectivity index (χ0) is 17.8. The Bertz CT molecular complexity index is 1020. The van der Waals surface area contributed by atoms with Gasteiger partial charge in [-0.3, -0.25) is 9.59 Å². The summed E-state index contributed by atoms with van der Waals surface area (Å²) in [4.78, 5) is 24.5. The fourth-order valence-corrected chi connectivity index (χ4v) is 2.65. The Kier molecular flexibility index (Phi) is 5.00. The summed E-state index contributed by atoms with van der Waals surface area (Å²) >= 11 is 3.36. The lowest BCUT2D eigenvalue weighted by Crippen LogP contribution is -2.09. The summed E-state index contributed by atoms with van der Waals surface area (Å²) in [6.45, 7) is 0. The van der Waals surface area contributed by atoms with Crippen LogP contribution >= 0.6 is 15.9 Å². The van der Waals surface area contributed by atoms with Crippen molar-refractivity contribution >= 4 is 44.6 Å². The number of rotatable bonds is 4. The van der Waals surface area contributed by atoms with Crippen molar-refractivity contribution in [2.24, 2.45) is 0 Å². The molecule has 0 unspecified atom stereocenters. The summed E-state index contributed by atoms with van der Waals surface area (Å²) < 4.78 is 11.3. The van der Waals surface area contributed by atoms with E-state index in [0.717, 1.165) is 4.47 Å². The Morgan fingerprint density at radius 2 is 2.04 bits per heavy atom. The zero-order valence-corrected chi connectivity index (χ0v) is 14.9. The molecule has 0 fully saturated rings. The molecule has 0 spiro atoms. The Balaban J connectivity index is 1.84. The minimum Gasteiger partial charge on any atom is -0.497 e. The maximum Gasteiger partial charge on any atom is 0.248 e. The average molecular weight is 400 g/mol. The molecule has 0 aliphatic rings. The summed E-state index contributed by atoms with van der Waals surface area (Å²) in [6, 6.07) is 12.2. The summed E-state index contributed by atoms with van der Waals surface area (Å²) in [6.07, 6.45) is 4.05. The standard InChI is InChI=1S/C19H14BrNO4/c1-24-13-7-8-14-17(10-13)25-11-12(19(14)23)6-9-18(22)21-16-5-3-2-4-15(16)20/h2-11H,1H3,(H,21,22)/b9-6+. The van der Waals surface area contributed by atoms with Gasteiger partial charge >= 0.3 is 0 Å². The normalized spacial score (nSPS) is 11.0. The van der Waals surface area contributed by atoms with Crippen LogP contribution in [0.1, 0.15) is 5.56 Å². The van der Waals surface area contributed by atoms with E-state index in [1.165, 1.54) is 18.4 Å². The quantitative estimate of drug-likeness (QED) is 0.666. The second kappa shape index (κ2) is 7.36. The number of ether oxygens (including phenoxy) is 1. The highest BCUT2D eigenvalue weighted by atomic mass is 79.9. The Morgan fingerprint density at radius 1 is 1.24 bits per heavy atom. The number of para-hydroxylation sites is 1. The van der Waals surface area contributed by atoms with Crippen LogP contribution in [0.2, 0.25) is 0 Å². The number of fused-ring (bicyclic) bond motifs is 1. The number of carbonyl (C=O) groups is 1. The third-order valence-corrected chi connectivity index (χ3v) is 4.25. The maximum atomic E-state index is 12.5. The number of benzene rings is 2. The second-order valence-corrected chi connectivity index (χ2v) is 6.04. The lowest BCUT2D eigenvalue weighted by Gasteiger charge is -2.04. The van der Waals surface area contributed by atoms with Crippen molar-refractivity contribution in [3.63, 3.8) is 0 Å². The third kappa shape index (κ3) is 3.80. The van der Waals surface area contributed by atoms with Gasteiger partial charge in [0.2, 0.25) is 5.91 Å². The molecule has 0 atom stereocenters. The highest BCUT2D eigenvalue weighted by Gasteiger charge is 2.07. The fraction of sp³-hybridized carbons (Fsp3) is 0.0526. The molecule has 1 amide bonds. The van der Waals surface area contributed by atoms with Gasteiger partial charge in [0.15, 0.2) is 5.43 Å². The first kappa shape index (κ1) is 17.0. The average Bonchev–Trinajstić information content (AvgIpc) is 2.63. The van der Waals surface area contributed by atoms with Crippen LogP contribution in [-0.4, -0.2) is 13.0 Å². The number of anilines is 1. The van der Waals surface area contributed by atoms with Gasteiger partial charge in [0.25, 0.3) is 0 Å². The Hall–Kier alpha value is -2.86. The summed E-state index contributed by atoms with van der Waals surface area (Å²) in [5.41, 5.74) is 1.16. The summed E-state index contributed by atoms with van der Waals surface area (Å²) in [5.74, 6) is 0.257. The Labute approximate surface area is 152 Å². The molecular formula is C19H14BrNO4. The van der Waals surface area contributed by atoms with Gasteiger partial charge in [-0.15, -0.1) is 0 Å². The van der Waals surface area contributed by atoms with E-state index in [2.05, 4.69) is 21.2 Å². The fourth-order valence-electron chi connectivity index (χ4n) is 2.27. The van der Waals surface area contributed by atoms with Crippen LogP contribution in [0.15, 0.2) is 68.5 Å². The molecule has 0 saturated heterocycles. The number of hydrogen-bond acceptors (Lipinski definition) is 4. The molecule has 1 aromatic heterocycles. The van der Waals surface area contributed by atoms with Crippen LogP contribution in [0.5, 0.6) is 5.75 Å². The number of nitrogens with one attached hydrogen (secondary N) is 1. The number of hydrogen-bond donors (Lipinski definition) is 1. The SMILES string of the molecule is COc1ccc2c(=O)c(/C=C/C(=O)Nc3ccccc3Br)coc2c1. The largest absolute Gasteiger partial charge is 0.497 e. The van der Waals surface area contributed by atoms with E-state index < -0.39 is 0 Å². The molecule has 0 bridgehead atoms. The van der Waals surface area contributed by atoms with Gasteiger partial charge in [-0.1, -0.05) is 12.1 Å². The third-order valence-electron chi connectivity index (χ3n) is 3.55. The lowest BCUT2D eigenvalue weighted by molar-refractivity contribution is -0.111. The van der Waals surface area contributed by atoms with E-state index in [9.17, 15) is 9.59 Å². The van der Waals surface area contributed by atoms with Gasteiger partial charge in [0.1, 0.15) is 17.6 Å². The number of carbonyl (C=O) groups excluding carboxylic acids is 1. The lowest BCUT2D eigenvalue weighted by atomic mass is 10.1. The van der Waals surface area contributed by atoms with Crippen molar-refractivity contribution in [3.05, 3.63) is 75.1 Å². The molecule has 126 valence electrons. The maximum absolute atomic E-state index is 12.5. The van der Waals surface area contributed by atoms with Crippen molar-refractivity contribution in [2.45, 2.75) is 0 Å². The van der Waals surface area contributed by atoms with Crippen LogP contribution < -0.4 is 15.5 Å². The predicted molar refractivity (Wildman–Crippen MR) is 101 cm³/mol. The molecule has 5 nitrogen and oxygen atoms in total. The van der Waals surface area contributed by atoms with Crippen molar-refractivity contribution in [1.82, 2.24) is 0 Å². The van der Waals surface area contributed by atoms with Crippen LogP contribution in [0.4, 0.5) is 5.69 Å². The molecule has 1 heterocycles. The smallest absolute Gasteiger partial charge is 0.248 e. The minimum absolute atomic E-state index is 0.214. The number of methoxy groups -OCH3 is 1. The van der Waals surface area contributed by atoms with Gasteiger partial charge in [-0.2, -0.15) is 0 Å². The monoisotopic (exact) mass is 399 g/mol. The topological polar surface area (TPSA) is 68.5 Å². The van der Waals surface area contributed by atoms with Crippen molar-refractivity contribution in [1.29, 1.82) is 0 Å². The van der Waals surface area contributed by atoms with Gasteiger partial charge in [0.05, 0.1) is 23.7 Å². The highest BCUT2D eigenvalue weighted by molar-refractivity contribution is 9.10. The molecule has 0 saturated carbocycles. The van der Waals surface area contributed by atoms with Gasteiger partial charge in [-0.05, 0) is 46.3 Å². The number of halogens is 1. The van der Waals surface area contributed by atoms with Crippen LogP contribution in [0.3, 0.4) is 0 Å². The van der Waals surface area contributed by atoms with E-state index in [0.29, 0.717) is 28.0 Å².